The van der Waals surface area contributed by atoms with Crippen molar-refractivity contribution in [2.45, 2.75) is 24.5 Å². The van der Waals surface area contributed by atoms with Gasteiger partial charge in [0.05, 0.1) is 0 Å². The summed E-state index contributed by atoms with van der Waals surface area (Å²) in [4.78, 5) is 10.9. The maximum Gasteiger partial charge on any atom is 0.346 e. The average molecular weight is 333 g/mol. The molecule has 0 fully saturated rings. The molecule has 0 aliphatic carbocycles. The van der Waals surface area contributed by atoms with Gasteiger partial charge in [-0.2, -0.15) is 0 Å². The number of nitrogens with one attached hydrogen (secondary N) is 1. The van der Waals surface area contributed by atoms with Crippen LogP contribution in [0.15, 0.2) is 10.3 Å². The van der Waals surface area contributed by atoms with E-state index in [1.807, 2.05) is 6.92 Å². The zero-order valence-electron chi connectivity index (χ0n) is 10.6. The fourth-order valence-electron chi connectivity index (χ4n) is 1.40. The van der Waals surface area contributed by atoms with Gasteiger partial charge in [-0.25, -0.2) is 13.2 Å². The molecule has 20 heavy (non-hydrogen) atoms. The Balaban J connectivity index is 2.30. The lowest BCUT2D eigenvalue weighted by Crippen LogP contribution is -2.11. The maximum atomic E-state index is 12.1. The second-order valence-electron chi connectivity index (χ2n) is 3.84. The lowest BCUT2D eigenvalue weighted by Gasteiger charge is -2.00. The molecule has 2 aromatic rings. The lowest BCUT2D eigenvalue weighted by atomic mass is 10.3. The van der Waals surface area contributed by atoms with Gasteiger partial charge in [0, 0.05) is 0 Å². The molecule has 0 unspecified atom stereocenters. The van der Waals surface area contributed by atoms with E-state index < -0.39 is 16.0 Å². The van der Waals surface area contributed by atoms with E-state index in [1.54, 1.807) is 6.92 Å². The Morgan fingerprint density at radius 2 is 2.10 bits per heavy atom. The lowest BCUT2D eigenvalue weighted by molar-refractivity contribution is 0.0701. The third kappa shape index (κ3) is 2.97. The van der Waals surface area contributed by atoms with Gasteiger partial charge in [0.15, 0.2) is 0 Å². The van der Waals surface area contributed by atoms with Crippen molar-refractivity contribution in [3.05, 3.63) is 21.5 Å². The molecule has 0 saturated carbocycles. The van der Waals surface area contributed by atoms with Crippen LogP contribution >= 0.6 is 22.7 Å². The summed E-state index contributed by atoms with van der Waals surface area (Å²) in [5.74, 6) is -1.14. The van der Waals surface area contributed by atoms with Gasteiger partial charge in [-0.15, -0.1) is 21.5 Å². The first-order valence-corrected chi connectivity index (χ1v) is 8.64. The predicted octanol–water partition coefficient (Wildman–Crippen LogP) is 1.97. The van der Waals surface area contributed by atoms with E-state index in [1.165, 1.54) is 6.07 Å². The first-order chi connectivity index (χ1) is 9.33. The highest BCUT2D eigenvalue weighted by Crippen LogP contribution is 2.28. The van der Waals surface area contributed by atoms with Crippen molar-refractivity contribution in [2.75, 3.05) is 4.72 Å². The number of thiophene rings is 1. The molecule has 0 atom stereocenters. The largest absolute Gasteiger partial charge is 0.477 e. The Morgan fingerprint density at radius 1 is 1.40 bits per heavy atom. The van der Waals surface area contributed by atoms with Crippen molar-refractivity contribution >= 4 is 43.8 Å². The van der Waals surface area contributed by atoms with Gasteiger partial charge in [0.2, 0.25) is 5.13 Å². The van der Waals surface area contributed by atoms with Gasteiger partial charge in [-0.1, -0.05) is 18.3 Å². The Morgan fingerprint density at radius 3 is 2.60 bits per heavy atom. The molecule has 0 radical (unpaired) electrons. The van der Waals surface area contributed by atoms with Gasteiger partial charge in [-0.3, -0.25) is 4.72 Å². The quantitative estimate of drug-likeness (QED) is 0.866. The van der Waals surface area contributed by atoms with Crippen LogP contribution in [-0.4, -0.2) is 29.7 Å². The summed E-state index contributed by atoms with van der Waals surface area (Å²) in [7, 11) is -3.83. The van der Waals surface area contributed by atoms with Crippen LogP contribution < -0.4 is 4.72 Å². The molecular weight excluding hydrogens is 322 g/mol. The van der Waals surface area contributed by atoms with E-state index in [2.05, 4.69) is 14.9 Å². The van der Waals surface area contributed by atoms with E-state index in [9.17, 15) is 13.2 Å². The van der Waals surface area contributed by atoms with Crippen LogP contribution in [0.5, 0.6) is 0 Å². The minimum Gasteiger partial charge on any atom is -0.477 e. The number of carbonyl (C=O) groups is 1. The molecule has 2 rings (SSSR count). The number of rotatable bonds is 5. The fourth-order valence-corrected chi connectivity index (χ4v) is 4.69. The minimum absolute atomic E-state index is 0.0110. The van der Waals surface area contributed by atoms with Crippen molar-refractivity contribution in [3.63, 3.8) is 0 Å². The summed E-state index contributed by atoms with van der Waals surface area (Å²) >= 11 is 1.86. The van der Waals surface area contributed by atoms with Crippen LogP contribution in [0.2, 0.25) is 0 Å². The third-order valence-electron chi connectivity index (χ3n) is 2.35. The van der Waals surface area contributed by atoms with Crippen LogP contribution in [0, 0.1) is 6.92 Å². The molecule has 2 N–H and O–H groups in total. The molecule has 0 bridgehead atoms. The number of carboxylic acids is 1. The topological polar surface area (TPSA) is 109 Å². The highest BCUT2D eigenvalue weighted by Gasteiger charge is 2.23. The summed E-state index contributed by atoms with van der Waals surface area (Å²) < 4.78 is 26.5. The zero-order valence-corrected chi connectivity index (χ0v) is 13.0. The van der Waals surface area contributed by atoms with Crippen molar-refractivity contribution in [1.82, 2.24) is 10.2 Å². The second kappa shape index (κ2) is 5.46. The van der Waals surface area contributed by atoms with Crippen LogP contribution in [-0.2, 0) is 16.4 Å². The number of carboxylic acid groups (broad SMARTS) is 1. The summed E-state index contributed by atoms with van der Waals surface area (Å²) in [6, 6.07) is 1.33. The molecule has 2 aromatic heterocycles. The Kier molecular flexibility index (Phi) is 4.06. The fraction of sp³-hybridized carbons (Fsp3) is 0.300. The number of sulfonamides is 1. The van der Waals surface area contributed by atoms with Crippen LogP contribution in [0.4, 0.5) is 5.13 Å². The molecule has 7 nitrogen and oxygen atoms in total. The normalized spacial score (nSPS) is 11.5. The SMILES string of the molecule is CCc1nnc(NS(=O)(=O)c2cc(C)c(C(=O)O)s2)s1. The number of aromatic nitrogens is 2. The third-order valence-corrected chi connectivity index (χ3v) is 6.50. The van der Waals surface area contributed by atoms with Crippen molar-refractivity contribution in [2.24, 2.45) is 0 Å². The van der Waals surface area contributed by atoms with E-state index in [0.717, 1.165) is 16.3 Å². The van der Waals surface area contributed by atoms with Crippen LogP contribution in [0.3, 0.4) is 0 Å². The van der Waals surface area contributed by atoms with Crippen molar-refractivity contribution < 1.29 is 18.3 Å². The highest BCUT2D eigenvalue weighted by atomic mass is 32.2. The molecule has 0 aliphatic rings. The van der Waals surface area contributed by atoms with Crippen molar-refractivity contribution in [1.29, 1.82) is 0 Å². The standard InChI is InChI=1S/C10H11N3O4S3/c1-3-6-11-12-10(18-6)13-20(16,17)7-4-5(2)8(19-7)9(14)15/h4H,3H2,1-2H3,(H,12,13)(H,14,15). The first kappa shape index (κ1) is 14.9. The zero-order chi connectivity index (χ0) is 14.9. The Hall–Kier alpha value is -1.52. The smallest absolute Gasteiger partial charge is 0.346 e. The van der Waals surface area contributed by atoms with E-state index in [0.29, 0.717) is 23.3 Å². The van der Waals surface area contributed by atoms with E-state index in [4.69, 9.17) is 5.11 Å². The summed E-state index contributed by atoms with van der Waals surface area (Å²) in [6.07, 6.45) is 0.667. The monoisotopic (exact) mass is 333 g/mol. The molecule has 0 aliphatic heterocycles. The van der Waals surface area contributed by atoms with Gasteiger partial charge in [0.1, 0.15) is 14.1 Å². The molecule has 2 heterocycles. The molecule has 0 amide bonds. The summed E-state index contributed by atoms with van der Waals surface area (Å²) in [5, 5.41) is 17.4. The molecule has 0 spiro atoms. The van der Waals surface area contributed by atoms with Gasteiger partial charge >= 0.3 is 5.97 Å². The molecule has 0 aromatic carbocycles. The second-order valence-corrected chi connectivity index (χ2v) is 7.87. The number of nitrogens with zero attached hydrogens (tertiary/aromatic N) is 2. The number of hydrogen-bond donors (Lipinski definition) is 2. The minimum atomic E-state index is -3.83. The highest BCUT2D eigenvalue weighted by molar-refractivity contribution is 7.94. The Bertz CT molecular complexity index is 748. The maximum absolute atomic E-state index is 12.1. The molecule has 0 saturated heterocycles. The van der Waals surface area contributed by atoms with Crippen LogP contribution in [0.1, 0.15) is 27.2 Å². The molecular formula is C10H11N3O4S3. The number of aromatic carboxylic acids is 1. The van der Waals surface area contributed by atoms with Crippen molar-refractivity contribution in [3.8, 4) is 0 Å². The first-order valence-electron chi connectivity index (χ1n) is 5.52. The Labute approximate surface area is 123 Å². The van der Waals surface area contributed by atoms with Gasteiger partial charge < -0.3 is 5.11 Å². The molecule has 108 valence electrons. The van der Waals surface area contributed by atoms with Gasteiger partial charge in [-0.05, 0) is 25.0 Å². The number of aryl methyl sites for hydroxylation is 2. The van der Waals surface area contributed by atoms with E-state index in [-0.39, 0.29) is 14.2 Å². The summed E-state index contributed by atoms with van der Waals surface area (Å²) in [5.41, 5.74) is 0.411. The van der Waals surface area contributed by atoms with Gasteiger partial charge in [0.25, 0.3) is 10.0 Å². The summed E-state index contributed by atoms with van der Waals surface area (Å²) in [6.45, 7) is 3.44. The van der Waals surface area contributed by atoms with E-state index >= 15 is 0 Å². The number of anilines is 1. The average Bonchev–Trinajstić information content (AvgIpc) is 2.95. The number of hydrogen-bond acceptors (Lipinski definition) is 7. The predicted molar refractivity (Wildman–Crippen MR) is 76.1 cm³/mol. The molecule has 10 heteroatoms. The van der Waals surface area contributed by atoms with Crippen LogP contribution in [0.25, 0.3) is 0 Å².